The van der Waals surface area contributed by atoms with Gasteiger partial charge in [0, 0.05) is 4.47 Å². The van der Waals surface area contributed by atoms with E-state index in [1.807, 2.05) is 24.3 Å². The van der Waals surface area contributed by atoms with Crippen LogP contribution in [0.5, 0.6) is 0 Å². The normalized spacial score (nSPS) is 11.9. The van der Waals surface area contributed by atoms with Gasteiger partial charge in [-0.2, -0.15) is 18.3 Å². The predicted octanol–water partition coefficient (Wildman–Crippen LogP) is 5.57. The number of benzene rings is 2. The summed E-state index contributed by atoms with van der Waals surface area (Å²) in [6, 6.07) is 10.3. The second-order valence-electron chi connectivity index (χ2n) is 4.12. The summed E-state index contributed by atoms with van der Waals surface area (Å²) in [5.41, 5.74) is 2.62. The largest absolute Gasteiger partial charge is 0.416 e. The fourth-order valence-electron chi connectivity index (χ4n) is 1.55. The van der Waals surface area contributed by atoms with Crippen molar-refractivity contribution >= 4 is 39.4 Å². The van der Waals surface area contributed by atoms with Crippen LogP contribution in [0.3, 0.4) is 0 Å². The van der Waals surface area contributed by atoms with E-state index in [0.29, 0.717) is 0 Å². The van der Waals surface area contributed by atoms with Crippen molar-refractivity contribution < 1.29 is 13.2 Å². The van der Waals surface area contributed by atoms with Crippen molar-refractivity contribution in [1.29, 1.82) is 0 Å². The number of anilines is 1. The third-order valence-electron chi connectivity index (χ3n) is 2.54. The van der Waals surface area contributed by atoms with E-state index < -0.39 is 11.7 Å². The van der Waals surface area contributed by atoms with Gasteiger partial charge < -0.3 is 0 Å². The van der Waals surface area contributed by atoms with Gasteiger partial charge in [0.1, 0.15) is 0 Å². The van der Waals surface area contributed by atoms with Crippen molar-refractivity contribution in [3.8, 4) is 0 Å². The Morgan fingerprint density at radius 1 is 1.14 bits per heavy atom. The summed E-state index contributed by atoms with van der Waals surface area (Å²) < 4.78 is 38.7. The molecule has 0 saturated carbocycles. The Labute approximate surface area is 132 Å². The predicted molar refractivity (Wildman–Crippen MR) is 81.8 cm³/mol. The van der Waals surface area contributed by atoms with Crippen LogP contribution in [0.15, 0.2) is 52.0 Å². The summed E-state index contributed by atoms with van der Waals surface area (Å²) >= 11 is 9.16. The van der Waals surface area contributed by atoms with Crippen LogP contribution in [0.2, 0.25) is 5.02 Å². The lowest BCUT2D eigenvalue weighted by molar-refractivity contribution is -0.137. The highest BCUT2D eigenvalue weighted by molar-refractivity contribution is 9.10. The first-order chi connectivity index (χ1) is 9.86. The second kappa shape index (κ2) is 6.49. The van der Waals surface area contributed by atoms with Crippen molar-refractivity contribution in [3.63, 3.8) is 0 Å². The Bertz CT molecular complexity index is 672. The number of nitrogens with zero attached hydrogens (tertiary/aromatic N) is 1. The lowest BCUT2D eigenvalue weighted by atomic mass is 10.2. The molecule has 1 N–H and O–H groups in total. The van der Waals surface area contributed by atoms with E-state index in [0.717, 1.165) is 22.2 Å². The zero-order valence-corrected chi connectivity index (χ0v) is 12.8. The van der Waals surface area contributed by atoms with Crippen LogP contribution in [0.25, 0.3) is 0 Å². The molecule has 2 nitrogen and oxygen atoms in total. The summed E-state index contributed by atoms with van der Waals surface area (Å²) in [7, 11) is 0. The van der Waals surface area contributed by atoms with Crippen molar-refractivity contribution in [3.05, 3.63) is 63.1 Å². The Morgan fingerprint density at radius 3 is 2.57 bits per heavy atom. The molecule has 2 aromatic carbocycles. The average molecular weight is 378 g/mol. The number of hydrogen-bond acceptors (Lipinski definition) is 2. The number of rotatable bonds is 3. The molecule has 0 spiro atoms. The van der Waals surface area contributed by atoms with E-state index in [1.165, 1.54) is 12.3 Å². The first-order valence-electron chi connectivity index (χ1n) is 5.77. The molecule has 110 valence electrons. The van der Waals surface area contributed by atoms with Gasteiger partial charge in [-0.3, -0.25) is 5.43 Å². The molecule has 0 aliphatic carbocycles. The lowest BCUT2D eigenvalue weighted by Gasteiger charge is -2.09. The Hall–Kier alpha value is -1.53. The van der Waals surface area contributed by atoms with E-state index in [9.17, 15) is 13.2 Å². The third kappa shape index (κ3) is 4.47. The molecule has 0 saturated heterocycles. The summed E-state index contributed by atoms with van der Waals surface area (Å²) in [6.07, 6.45) is -2.93. The molecule has 0 unspecified atom stereocenters. The van der Waals surface area contributed by atoms with Gasteiger partial charge >= 0.3 is 6.18 Å². The van der Waals surface area contributed by atoms with E-state index in [4.69, 9.17) is 11.6 Å². The molecule has 7 heteroatoms. The van der Waals surface area contributed by atoms with Crippen molar-refractivity contribution in [1.82, 2.24) is 0 Å². The fraction of sp³-hybridized carbons (Fsp3) is 0.0714. The van der Waals surface area contributed by atoms with Crippen LogP contribution in [0.4, 0.5) is 18.9 Å². The molecule has 0 amide bonds. The molecule has 0 bridgehead atoms. The maximum Gasteiger partial charge on any atom is 0.416 e. The number of alkyl halides is 3. The van der Waals surface area contributed by atoms with Crippen LogP contribution < -0.4 is 5.43 Å². The summed E-state index contributed by atoms with van der Waals surface area (Å²) in [6.45, 7) is 0. The van der Waals surface area contributed by atoms with Gasteiger partial charge in [0.05, 0.1) is 22.5 Å². The molecule has 2 aromatic rings. The smallest absolute Gasteiger partial charge is 0.277 e. The van der Waals surface area contributed by atoms with E-state index in [1.54, 1.807) is 0 Å². The van der Waals surface area contributed by atoms with Gasteiger partial charge in [-0.1, -0.05) is 39.7 Å². The maximum atomic E-state index is 12.6. The summed E-state index contributed by atoms with van der Waals surface area (Å²) in [5.74, 6) is 0. The highest BCUT2D eigenvalue weighted by Crippen LogP contribution is 2.33. The number of nitrogens with one attached hydrogen (secondary N) is 1. The van der Waals surface area contributed by atoms with Crippen molar-refractivity contribution in [2.75, 3.05) is 5.43 Å². The number of halogens is 5. The molecule has 0 aromatic heterocycles. The van der Waals surface area contributed by atoms with Crippen LogP contribution in [0, 0.1) is 0 Å². The van der Waals surface area contributed by atoms with Gasteiger partial charge in [-0.25, -0.2) is 0 Å². The molecular weight excluding hydrogens is 369 g/mol. The van der Waals surface area contributed by atoms with Gasteiger partial charge in [-0.05, 0) is 35.9 Å². The average Bonchev–Trinajstić information content (AvgIpc) is 2.39. The van der Waals surface area contributed by atoms with Gasteiger partial charge in [0.25, 0.3) is 0 Å². The van der Waals surface area contributed by atoms with Gasteiger partial charge in [-0.15, -0.1) is 0 Å². The van der Waals surface area contributed by atoms with Crippen LogP contribution >= 0.6 is 27.5 Å². The molecule has 0 radical (unpaired) electrons. The zero-order valence-electron chi connectivity index (χ0n) is 10.5. The SMILES string of the molecule is FC(F)(F)c1ccc(Cl)c(NN=Cc2cccc(Br)c2)c1. The Kier molecular flexibility index (Phi) is 4.90. The topological polar surface area (TPSA) is 24.4 Å². The lowest BCUT2D eigenvalue weighted by Crippen LogP contribution is -2.05. The summed E-state index contributed by atoms with van der Waals surface area (Å²) in [4.78, 5) is 0. The molecule has 21 heavy (non-hydrogen) atoms. The van der Waals surface area contributed by atoms with Crippen LogP contribution in [0.1, 0.15) is 11.1 Å². The minimum absolute atomic E-state index is 0.0951. The first-order valence-corrected chi connectivity index (χ1v) is 6.95. The van der Waals surface area contributed by atoms with E-state index >= 15 is 0 Å². The van der Waals surface area contributed by atoms with E-state index in [-0.39, 0.29) is 10.7 Å². The summed E-state index contributed by atoms with van der Waals surface area (Å²) in [5, 5.41) is 4.05. The highest BCUT2D eigenvalue weighted by atomic mass is 79.9. The van der Waals surface area contributed by atoms with Crippen LogP contribution in [-0.2, 0) is 6.18 Å². The zero-order chi connectivity index (χ0) is 15.5. The molecule has 2 rings (SSSR count). The highest BCUT2D eigenvalue weighted by Gasteiger charge is 2.30. The van der Waals surface area contributed by atoms with Gasteiger partial charge in [0.2, 0.25) is 0 Å². The molecule has 0 fully saturated rings. The van der Waals surface area contributed by atoms with Gasteiger partial charge in [0.15, 0.2) is 0 Å². The maximum absolute atomic E-state index is 12.6. The van der Waals surface area contributed by atoms with Crippen LogP contribution in [-0.4, -0.2) is 6.21 Å². The third-order valence-corrected chi connectivity index (χ3v) is 3.36. The molecule has 0 aliphatic heterocycles. The molecule has 0 atom stereocenters. The van der Waals surface area contributed by atoms with Crippen molar-refractivity contribution in [2.24, 2.45) is 5.10 Å². The molecular formula is C14H9BrClF3N2. The standard InChI is InChI=1S/C14H9BrClF3N2/c15-11-3-1-2-9(6-11)8-20-21-13-7-10(14(17,18)19)4-5-12(13)16/h1-8,21H. The Morgan fingerprint density at radius 2 is 1.90 bits per heavy atom. The number of hydrogen-bond donors (Lipinski definition) is 1. The minimum Gasteiger partial charge on any atom is -0.277 e. The monoisotopic (exact) mass is 376 g/mol. The van der Waals surface area contributed by atoms with E-state index in [2.05, 4.69) is 26.5 Å². The quantitative estimate of drug-likeness (QED) is 0.549. The molecule has 0 heterocycles. The molecule has 0 aliphatic rings. The second-order valence-corrected chi connectivity index (χ2v) is 5.44. The fourth-order valence-corrected chi connectivity index (χ4v) is 2.13. The Balaban J connectivity index is 2.16. The number of hydrazone groups is 1. The minimum atomic E-state index is -4.42. The van der Waals surface area contributed by atoms with Crippen molar-refractivity contribution in [2.45, 2.75) is 6.18 Å². The first kappa shape index (κ1) is 15.9.